The number of rotatable bonds is 8. The fourth-order valence-corrected chi connectivity index (χ4v) is 11.8. The lowest BCUT2D eigenvalue weighted by Gasteiger charge is -2.42. The van der Waals surface area contributed by atoms with Crippen molar-refractivity contribution in [3.8, 4) is 11.5 Å². The second kappa shape index (κ2) is 9.98. The summed E-state index contributed by atoms with van der Waals surface area (Å²) in [5, 5.41) is 11.2. The van der Waals surface area contributed by atoms with Gasteiger partial charge in [-0.3, -0.25) is 24.1 Å². The maximum atomic E-state index is 14.1. The molecule has 208 valence electrons. The summed E-state index contributed by atoms with van der Waals surface area (Å²) < 4.78 is 11.9. The van der Waals surface area contributed by atoms with Crippen LogP contribution in [0, 0.1) is 5.41 Å². The number of benzene rings is 1. The molecular formula is C29H41NO7Si. The minimum Gasteiger partial charge on any atom is -0.543 e. The Bertz CT molecular complexity index is 1200. The quantitative estimate of drug-likeness (QED) is 0.253. The van der Waals surface area contributed by atoms with E-state index in [1.54, 1.807) is 26.8 Å². The Morgan fingerprint density at radius 2 is 1.58 bits per heavy atom. The molecule has 0 radical (unpaired) electrons. The van der Waals surface area contributed by atoms with E-state index in [0.29, 0.717) is 5.75 Å². The lowest BCUT2D eigenvalue weighted by Crippen LogP contribution is -2.51. The van der Waals surface area contributed by atoms with Crippen molar-refractivity contribution < 1.29 is 33.4 Å². The number of anilines is 1. The highest BCUT2D eigenvalue weighted by Gasteiger charge is 2.69. The summed E-state index contributed by atoms with van der Waals surface area (Å²) in [5.74, 6) is -2.89. The van der Waals surface area contributed by atoms with Crippen LogP contribution in [0.3, 0.4) is 0 Å². The van der Waals surface area contributed by atoms with Gasteiger partial charge in [0.05, 0.1) is 17.9 Å². The topological polar surface area (TPSA) is 110 Å². The zero-order chi connectivity index (χ0) is 29.0. The summed E-state index contributed by atoms with van der Waals surface area (Å²) in [6.45, 7) is 18.9. The first-order valence-electron chi connectivity index (χ1n) is 13.4. The zero-order valence-corrected chi connectivity index (χ0v) is 25.2. The number of hydrogen-bond donors (Lipinski definition) is 1. The number of phenolic OH excluding ortho intramolecular Hbond substituents is 1. The molecule has 1 unspecified atom stereocenters. The number of ketones is 2. The van der Waals surface area contributed by atoms with Crippen LogP contribution in [-0.4, -0.2) is 49.0 Å². The van der Waals surface area contributed by atoms with Gasteiger partial charge < -0.3 is 14.3 Å². The van der Waals surface area contributed by atoms with E-state index in [1.165, 1.54) is 24.0 Å². The fraction of sp³-hybridized carbons (Fsp3) is 0.586. The predicted molar refractivity (Wildman–Crippen MR) is 148 cm³/mol. The minimum atomic E-state index is -2.48. The van der Waals surface area contributed by atoms with Gasteiger partial charge in [0.1, 0.15) is 17.0 Å². The highest BCUT2D eigenvalue weighted by atomic mass is 28.4. The van der Waals surface area contributed by atoms with Gasteiger partial charge in [-0.2, -0.15) is 0 Å². The highest BCUT2D eigenvalue weighted by molar-refractivity contribution is 6.78. The molecule has 0 aromatic heterocycles. The van der Waals surface area contributed by atoms with Crippen LogP contribution in [0.25, 0.3) is 0 Å². The third-order valence-electron chi connectivity index (χ3n) is 8.45. The van der Waals surface area contributed by atoms with Gasteiger partial charge in [-0.1, -0.05) is 48.5 Å². The van der Waals surface area contributed by atoms with Crippen LogP contribution in [0.2, 0.25) is 16.6 Å². The number of allylic oxidation sites excluding steroid dienone is 1. The molecule has 0 saturated carbocycles. The average molecular weight is 544 g/mol. The predicted octanol–water partition coefficient (Wildman–Crippen LogP) is 5.72. The van der Waals surface area contributed by atoms with E-state index in [2.05, 4.69) is 41.5 Å². The van der Waals surface area contributed by atoms with E-state index >= 15 is 0 Å². The van der Waals surface area contributed by atoms with Crippen molar-refractivity contribution in [3.05, 3.63) is 29.3 Å². The van der Waals surface area contributed by atoms with E-state index < -0.39 is 42.7 Å². The van der Waals surface area contributed by atoms with Gasteiger partial charge in [0.15, 0.2) is 11.6 Å². The molecule has 1 aromatic carbocycles. The molecule has 1 N–H and O–H groups in total. The van der Waals surface area contributed by atoms with Crippen LogP contribution in [-0.2, 0) is 19.1 Å². The molecule has 0 spiro atoms. The first-order chi connectivity index (χ1) is 17.6. The van der Waals surface area contributed by atoms with Gasteiger partial charge in [0.2, 0.25) is 5.41 Å². The molecule has 2 atom stereocenters. The molecule has 2 aliphatic rings. The number of esters is 1. The van der Waals surface area contributed by atoms with Crippen LogP contribution < -0.4 is 9.33 Å². The van der Waals surface area contributed by atoms with Gasteiger partial charge in [0, 0.05) is 12.1 Å². The lowest BCUT2D eigenvalue weighted by atomic mass is 9.78. The maximum absolute atomic E-state index is 14.1. The Kier molecular flexibility index (Phi) is 7.78. The van der Waals surface area contributed by atoms with E-state index in [4.69, 9.17) is 9.16 Å². The van der Waals surface area contributed by atoms with Gasteiger partial charge in [0.25, 0.3) is 14.2 Å². The summed E-state index contributed by atoms with van der Waals surface area (Å²) >= 11 is 0. The Balaban J connectivity index is 2.36. The van der Waals surface area contributed by atoms with Crippen molar-refractivity contribution in [2.75, 3.05) is 11.5 Å². The third-order valence-corrected chi connectivity index (χ3v) is 14.5. The van der Waals surface area contributed by atoms with Crippen LogP contribution in [0.5, 0.6) is 11.5 Å². The van der Waals surface area contributed by atoms with Gasteiger partial charge >= 0.3 is 5.97 Å². The summed E-state index contributed by atoms with van der Waals surface area (Å²) in [4.78, 5) is 55.8. The summed E-state index contributed by atoms with van der Waals surface area (Å²) in [6.07, 6.45) is 1.57. The van der Waals surface area contributed by atoms with Crippen LogP contribution >= 0.6 is 0 Å². The fourth-order valence-electron chi connectivity index (χ4n) is 6.60. The summed E-state index contributed by atoms with van der Waals surface area (Å²) in [7, 11) is -2.48. The Morgan fingerprint density at radius 1 is 1.03 bits per heavy atom. The molecule has 2 heterocycles. The molecule has 9 heteroatoms. The second-order valence-electron chi connectivity index (χ2n) is 11.5. The molecule has 3 rings (SSSR count). The number of aromatic hydroxyl groups is 1. The average Bonchev–Trinajstić information content (AvgIpc) is 2.93. The molecular weight excluding hydrogens is 502 g/mol. The Morgan fingerprint density at radius 3 is 2.05 bits per heavy atom. The van der Waals surface area contributed by atoms with Gasteiger partial charge in [-0.05, 0) is 55.5 Å². The molecule has 1 aromatic rings. The smallest absolute Gasteiger partial charge is 0.329 e. The normalized spacial score (nSPS) is 23.6. The number of fused-ring (bicyclic) bond motifs is 3. The number of carbonyl (C=O) groups excluding carboxylic acids is 4. The Labute approximate surface area is 226 Å². The van der Waals surface area contributed by atoms with E-state index in [1.807, 2.05) is 0 Å². The number of phenols is 1. The summed E-state index contributed by atoms with van der Waals surface area (Å²) in [6, 6.07) is 2.99. The second-order valence-corrected chi connectivity index (χ2v) is 16.9. The molecule has 38 heavy (non-hydrogen) atoms. The van der Waals surface area contributed by atoms with Crippen molar-refractivity contribution in [1.82, 2.24) is 0 Å². The molecule has 0 aliphatic carbocycles. The summed E-state index contributed by atoms with van der Waals surface area (Å²) in [5.41, 5.74) is -2.85. The third kappa shape index (κ3) is 3.92. The largest absolute Gasteiger partial charge is 0.543 e. The first kappa shape index (κ1) is 29.6. The van der Waals surface area contributed by atoms with Crippen LogP contribution in [0.4, 0.5) is 5.69 Å². The standard InChI is InChI=1S/C29H41NO7Si/c1-11-29-15-19(9)24(32)23-21(30(29)26(34)28(10,25(29)33)27(35)36-12-2)13-20(14-22(23)31)37-38(16(3)4,17(5)6)18(7)8/h13-18,31H,11-12H2,1-10H3/t28?,29-/m0/s1. The van der Waals surface area contributed by atoms with Crippen LogP contribution in [0.15, 0.2) is 23.8 Å². The monoisotopic (exact) mass is 543 g/mol. The molecule has 1 amide bonds. The van der Waals surface area contributed by atoms with Crippen molar-refractivity contribution in [2.45, 2.75) is 97.8 Å². The molecule has 1 fully saturated rings. The zero-order valence-electron chi connectivity index (χ0n) is 24.2. The van der Waals surface area contributed by atoms with E-state index in [9.17, 15) is 24.3 Å². The Hall–Kier alpha value is -2.94. The number of amides is 1. The van der Waals surface area contributed by atoms with Crippen molar-refractivity contribution >= 4 is 37.4 Å². The van der Waals surface area contributed by atoms with Crippen molar-refractivity contribution in [1.29, 1.82) is 0 Å². The molecule has 1 saturated heterocycles. The molecule has 2 aliphatic heterocycles. The van der Waals surface area contributed by atoms with Crippen LogP contribution in [0.1, 0.15) is 86.0 Å². The van der Waals surface area contributed by atoms with E-state index in [-0.39, 0.29) is 52.2 Å². The number of ether oxygens (including phenoxy) is 1. The molecule has 8 nitrogen and oxygen atoms in total. The lowest BCUT2D eigenvalue weighted by molar-refractivity contribution is -0.160. The van der Waals surface area contributed by atoms with Crippen molar-refractivity contribution in [3.63, 3.8) is 0 Å². The highest BCUT2D eigenvalue weighted by Crippen LogP contribution is 2.52. The minimum absolute atomic E-state index is 0.00312. The first-order valence-corrected chi connectivity index (χ1v) is 15.6. The SMILES string of the molecule is CCOC(=O)C1(C)C(=O)N2c3cc(O[Si](C(C)C)(C(C)C)C(C)C)cc(O)c3C(=O)C(C)=C[C@@]2(CC)C1=O. The number of hydrogen-bond acceptors (Lipinski definition) is 7. The number of Topliss-reactive ketones (excluding diaryl/α,β-unsaturated/α-hetero) is 2. The molecule has 0 bridgehead atoms. The number of carbonyl (C=O) groups is 4. The van der Waals surface area contributed by atoms with Crippen molar-refractivity contribution in [2.24, 2.45) is 5.41 Å². The number of nitrogens with zero attached hydrogens (tertiary/aromatic N) is 1. The van der Waals surface area contributed by atoms with E-state index in [0.717, 1.165) is 0 Å². The van der Waals surface area contributed by atoms with Gasteiger partial charge in [-0.15, -0.1) is 0 Å². The van der Waals surface area contributed by atoms with Gasteiger partial charge in [-0.25, -0.2) is 0 Å². The maximum Gasteiger partial charge on any atom is 0.329 e.